The summed E-state index contributed by atoms with van der Waals surface area (Å²) in [5.74, 6) is 0. The van der Waals surface area contributed by atoms with Gasteiger partial charge in [0.15, 0.2) is 0 Å². The van der Waals surface area contributed by atoms with Crippen LogP contribution in [-0.2, 0) is 6.42 Å². The minimum atomic E-state index is 0.127. The Balaban J connectivity index is 2.14. The van der Waals surface area contributed by atoms with Gasteiger partial charge in [0.25, 0.3) is 0 Å². The van der Waals surface area contributed by atoms with Crippen LogP contribution < -0.4 is 0 Å². The van der Waals surface area contributed by atoms with Crippen LogP contribution in [0.2, 0.25) is 0 Å². The Morgan fingerprint density at radius 2 is 2.13 bits per heavy atom. The van der Waals surface area contributed by atoms with Crippen molar-refractivity contribution < 1.29 is 5.11 Å². The van der Waals surface area contributed by atoms with Crippen LogP contribution in [0.5, 0.6) is 0 Å². The third-order valence-corrected chi connectivity index (χ3v) is 3.58. The van der Waals surface area contributed by atoms with Gasteiger partial charge in [-0.05, 0) is 35.9 Å². The van der Waals surface area contributed by atoms with Crippen LogP contribution in [0.25, 0.3) is 10.1 Å². The van der Waals surface area contributed by atoms with Crippen molar-refractivity contribution in [2.45, 2.75) is 6.42 Å². The second-order valence-electron chi connectivity index (χ2n) is 3.73. The topological polar surface area (TPSA) is 23.5 Å². The molecule has 1 aromatic heterocycles. The Bertz CT molecular complexity index is 438. The number of fused-ring (bicyclic) bond motifs is 1. The number of benzene rings is 1. The summed E-state index contributed by atoms with van der Waals surface area (Å²) in [6.07, 6.45) is 1.00. The maximum Gasteiger partial charge on any atom is 0.0954 e. The van der Waals surface area contributed by atoms with Crippen molar-refractivity contribution in [3.05, 3.63) is 35.2 Å². The molecular formula is C12H15NOS. The van der Waals surface area contributed by atoms with E-state index < -0.39 is 0 Å². The fraction of sp³-hybridized carbons (Fsp3) is 0.333. The molecule has 0 atom stereocenters. The molecule has 0 fully saturated rings. The predicted octanol–water partition coefficient (Wildman–Crippen LogP) is 2.33. The fourth-order valence-electron chi connectivity index (χ4n) is 1.61. The van der Waals surface area contributed by atoms with Crippen molar-refractivity contribution in [1.29, 1.82) is 0 Å². The number of rotatable bonds is 4. The molecule has 0 radical (unpaired) electrons. The SMILES string of the molecule is CN(CO)CCc1csc2ccccc12. The molecule has 2 aromatic rings. The molecule has 2 nitrogen and oxygen atoms in total. The first-order valence-electron chi connectivity index (χ1n) is 5.06. The highest BCUT2D eigenvalue weighted by molar-refractivity contribution is 7.17. The lowest BCUT2D eigenvalue weighted by molar-refractivity contribution is 0.134. The molecule has 1 aromatic carbocycles. The van der Waals surface area contributed by atoms with Gasteiger partial charge in [-0.2, -0.15) is 0 Å². The molecule has 1 heterocycles. The van der Waals surface area contributed by atoms with Crippen LogP contribution in [0, 0.1) is 0 Å². The van der Waals surface area contributed by atoms with E-state index in [0.717, 1.165) is 13.0 Å². The van der Waals surface area contributed by atoms with Crippen molar-refractivity contribution in [2.24, 2.45) is 0 Å². The van der Waals surface area contributed by atoms with Crippen molar-refractivity contribution >= 4 is 21.4 Å². The first kappa shape index (κ1) is 10.6. The second kappa shape index (κ2) is 4.75. The Hall–Kier alpha value is -0.900. The van der Waals surface area contributed by atoms with E-state index in [4.69, 9.17) is 5.11 Å². The third kappa shape index (κ3) is 2.37. The molecule has 0 spiro atoms. The van der Waals surface area contributed by atoms with Gasteiger partial charge < -0.3 is 5.11 Å². The number of nitrogens with zero attached hydrogens (tertiary/aromatic N) is 1. The monoisotopic (exact) mass is 221 g/mol. The van der Waals surface area contributed by atoms with Gasteiger partial charge in [0, 0.05) is 11.2 Å². The van der Waals surface area contributed by atoms with E-state index in [2.05, 4.69) is 29.6 Å². The number of hydrogen-bond acceptors (Lipinski definition) is 3. The smallest absolute Gasteiger partial charge is 0.0954 e. The molecule has 15 heavy (non-hydrogen) atoms. The summed E-state index contributed by atoms with van der Waals surface area (Å²) in [4.78, 5) is 1.91. The highest BCUT2D eigenvalue weighted by atomic mass is 32.1. The van der Waals surface area contributed by atoms with E-state index in [-0.39, 0.29) is 6.73 Å². The van der Waals surface area contributed by atoms with Crippen LogP contribution in [0.1, 0.15) is 5.56 Å². The quantitative estimate of drug-likeness (QED) is 0.801. The summed E-state index contributed by atoms with van der Waals surface area (Å²) in [5, 5.41) is 12.5. The zero-order chi connectivity index (χ0) is 10.7. The maximum absolute atomic E-state index is 8.91. The molecule has 1 N–H and O–H groups in total. The molecule has 0 aliphatic rings. The number of hydrogen-bond donors (Lipinski definition) is 1. The van der Waals surface area contributed by atoms with Crippen LogP contribution in [0.3, 0.4) is 0 Å². The van der Waals surface area contributed by atoms with Crippen molar-refractivity contribution in [3.63, 3.8) is 0 Å². The zero-order valence-corrected chi connectivity index (χ0v) is 9.63. The average molecular weight is 221 g/mol. The van der Waals surface area contributed by atoms with Gasteiger partial charge in [0.2, 0.25) is 0 Å². The predicted molar refractivity (Wildman–Crippen MR) is 65.2 cm³/mol. The first-order chi connectivity index (χ1) is 7.31. The number of aliphatic hydroxyl groups is 1. The summed E-state index contributed by atoms with van der Waals surface area (Å²) in [7, 11) is 1.93. The molecule has 80 valence electrons. The summed E-state index contributed by atoms with van der Waals surface area (Å²) in [5.41, 5.74) is 1.39. The normalized spacial score (nSPS) is 11.4. The molecule has 0 saturated heterocycles. The molecule has 0 saturated carbocycles. The Labute approximate surface area is 93.8 Å². The van der Waals surface area contributed by atoms with Crippen molar-refractivity contribution in [1.82, 2.24) is 4.90 Å². The first-order valence-corrected chi connectivity index (χ1v) is 5.93. The van der Waals surface area contributed by atoms with E-state index >= 15 is 0 Å². The minimum Gasteiger partial charge on any atom is -0.381 e. The van der Waals surface area contributed by atoms with Crippen molar-refractivity contribution in [2.75, 3.05) is 20.3 Å². The Kier molecular flexibility index (Phi) is 3.36. The molecule has 0 amide bonds. The standard InChI is InChI=1S/C12H15NOS/c1-13(9-14)7-6-10-8-15-12-5-3-2-4-11(10)12/h2-5,8,14H,6-7,9H2,1H3. The molecular weight excluding hydrogens is 206 g/mol. The lowest BCUT2D eigenvalue weighted by atomic mass is 10.1. The number of thiophene rings is 1. The second-order valence-corrected chi connectivity index (χ2v) is 4.64. The molecule has 0 aliphatic heterocycles. The summed E-state index contributed by atoms with van der Waals surface area (Å²) in [6.45, 7) is 1.03. The van der Waals surface area contributed by atoms with Gasteiger partial charge in [-0.15, -0.1) is 11.3 Å². The number of likely N-dealkylation sites (N-methyl/N-ethyl adjacent to an activating group) is 1. The summed E-state index contributed by atoms with van der Waals surface area (Å²) >= 11 is 1.79. The van der Waals surface area contributed by atoms with Gasteiger partial charge >= 0.3 is 0 Å². The van der Waals surface area contributed by atoms with E-state index in [1.54, 1.807) is 11.3 Å². The van der Waals surface area contributed by atoms with Crippen LogP contribution in [0.4, 0.5) is 0 Å². The fourth-order valence-corrected chi connectivity index (χ4v) is 2.61. The number of aliphatic hydroxyl groups excluding tert-OH is 1. The highest BCUT2D eigenvalue weighted by Crippen LogP contribution is 2.25. The lowest BCUT2D eigenvalue weighted by Gasteiger charge is -2.11. The van der Waals surface area contributed by atoms with Gasteiger partial charge in [-0.1, -0.05) is 18.2 Å². The molecule has 0 bridgehead atoms. The Morgan fingerprint density at radius 1 is 1.33 bits per heavy atom. The van der Waals surface area contributed by atoms with Gasteiger partial charge in [-0.25, -0.2) is 0 Å². The van der Waals surface area contributed by atoms with E-state index in [1.807, 2.05) is 11.9 Å². The molecule has 0 unspecified atom stereocenters. The van der Waals surface area contributed by atoms with E-state index in [1.165, 1.54) is 15.6 Å². The van der Waals surface area contributed by atoms with E-state index in [9.17, 15) is 0 Å². The summed E-state index contributed by atoms with van der Waals surface area (Å²) < 4.78 is 1.35. The molecule has 0 aliphatic carbocycles. The average Bonchev–Trinajstić information content (AvgIpc) is 2.69. The highest BCUT2D eigenvalue weighted by Gasteiger charge is 2.04. The van der Waals surface area contributed by atoms with Gasteiger partial charge in [0.05, 0.1) is 6.73 Å². The van der Waals surface area contributed by atoms with Crippen LogP contribution in [-0.4, -0.2) is 30.3 Å². The summed E-state index contributed by atoms with van der Waals surface area (Å²) in [6, 6.07) is 8.47. The zero-order valence-electron chi connectivity index (χ0n) is 8.81. The Morgan fingerprint density at radius 3 is 2.93 bits per heavy atom. The van der Waals surface area contributed by atoms with Gasteiger partial charge in [-0.3, -0.25) is 4.90 Å². The molecule has 3 heteroatoms. The minimum absolute atomic E-state index is 0.127. The van der Waals surface area contributed by atoms with Crippen LogP contribution in [0.15, 0.2) is 29.6 Å². The maximum atomic E-state index is 8.91. The van der Waals surface area contributed by atoms with Crippen molar-refractivity contribution in [3.8, 4) is 0 Å². The molecule has 2 rings (SSSR count). The van der Waals surface area contributed by atoms with Gasteiger partial charge in [0.1, 0.15) is 0 Å². The third-order valence-electron chi connectivity index (χ3n) is 2.57. The lowest BCUT2D eigenvalue weighted by Crippen LogP contribution is -2.21. The van der Waals surface area contributed by atoms with Crippen LogP contribution >= 0.6 is 11.3 Å². The van der Waals surface area contributed by atoms with E-state index in [0.29, 0.717) is 0 Å². The largest absolute Gasteiger partial charge is 0.381 e.